The van der Waals surface area contributed by atoms with Gasteiger partial charge in [-0.1, -0.05) is 12.2 Å². The normalized spacial score (nSPS) is 12.7. The second-order valence-corrected chi connectivity index (χ2v) is 4.70. The van der Waals surface area contributed by atoms with E-state index in [-0.39, 0.29) is 12.1 Å². The standard InChI is InChI=1S/C16H15F3N2O2/c1-2-3-4-5-14(22)13(10-20)15(23)21-12-8-6-11(7-9-12)16(17,18)19/h2-3,6-9,13H,4-5H2,1H3,(H,21,23). The fourth-order valence-corrected chi connectivity index (χ4v) is 1.77. The molecule has 0 spiro atoms. The summed E-state index contributed by atoms with van der Waals surface area (Å²) in [7, 11) is 0. The van der Waals surface area contributed by atoms with Crippen LogP contribution < -0.4 is 5.32 Å². The number of allylic oxidation sites excluding steroid dienone is 2. The predicted molar refractivity (Wildman–Crippen MR) is 78.2 cm³/mol. The van der Waals surface area contributed by atoms with Crippen molar-refractivity contribution in [2.24, 2.45) is 5.92 Å². The van der Waals surface area contributed by atoms with Crippen molar-refractivity contribution in [1.82, 2.24) is 0 Å². The van der Waals surface area contributed by atoms with Gasteiger partial charge in [-0.15, -0.1) is 0 Å². The van der Waals surface area contributed by atoms with Gasteiger partial charge in [-0.05, 0) is 37.6 Å². The molecule has 0 radical (unpaired) electrons. The third-order valence-corrected chi connectivity index (χ3v) is 2.99. The lowest BCUT2D eigenvalue weighted by atomic mass is 10.0. The minimum absolute atomic E-state index is 0.0446. The average Bonchev–Trinajstić information content (AvgIpc) is 2.48. The first-order valence-electron chi connectivity index (χ1n) is 6.81. The third-order valence-electron chi connectivity index (χ3n) is 2.99. The summed E-state index contributed by atoms with van der Waals surface area (Å²) >= 11 is 0. The maximum atomic E-state index is 12.4. The zero-order chi connectivity index (χ0) is 17.5. The van der Waals surface area contributed by atoms with E-state index in [0.717, 1.165) is 24.3 Å². The Balaban J connectivity index is 2.73. The van der Waals surface area contributed by atoms with Crippen LogP contribution in [0.3, 0.4) is 0 Å². The van der Waals surface area contributed by atoms with Crippen molar-refractivity contribution in [3.05, 3.63) is 42.0 Å². The Morgan fingerprint density at radius 2 is 1.91 bits per heavy atom. The number of anilines is 1. The van der Waals surface area contributed by atoms with Gasteiger partial charge in [-0.3, -0.25) is 9.59 Å². The number of carbonyl (C=O) groups is 2. The van der Waals surface area contributed by atoms with Gasteiger partial charge in [0, 0.05) is 12.1 Å². The Labute approximate surface area is 131 Å². The van der Waals surface area contributed by atoms with Crippen molar-refractivity contribution < 1.29 is 22.8 Å². The van der Waals surface area contributed by atoms with E-state index in [2.05, 4.69) is 5.32 Å². The molecule has 4 nitrogen and oxygen atoms in total. The smallest absolute Gasteiger partial charge is 0.325 e. The van der Waals surface area contributed by atoms with E-state index < -0.39 is 29.3 Å². The molecule has 1 N–H and O–H groups in total. The van der Waals surface area contributed by atoms with E-state index in [1.807, 2.05) is 0 Å². The molecule has 0 heterocycles. The molecular formula is C16H15F3N2O2. The van der Waals surface area contributed by atoms with Gasteiger partial charge in [-0.2, -0.15) is 18.4 Å². The molecule has 0 aromatic heterocycles. The molecule has 0 saturated heterocycles. The van der Waals surface area contributed by atoms with Crippen LogP contribution in [-0.2, 0) is 15.8 Å². The Bertz CT molecular complexity index is 628. The molecule has 0 bridgehead atoms. The van der Waals surface area contributed by atoms with Crippen LogP contribution in [0.4, 0.5) is 18.9 Å². The highest BCUT2D eigenvalue weighted by molar-refractivity contribution is 6.09. The predicted octanol–water partition coefficient (Wildman–Crippen LogP) is 3.71. The molecule has 0 aliphatic carbocycles. The molecule has 1 aromatic carbocycles. The number of alkyl halides is 3. The lowest BCUT2D eigenvalue weighted by molar-refractivity contribution is -0.137. The van der Waals surface area contributed by atoms with Gasteiger partial charge >= 0.3 is 6.18 Å². The van der Waals surface area contributed by atoms with Crippen molar-refractivity contribution in [1.29, 1.82) is 5.26 Å². The highest BCUT2D eigenvalue weighted by Crippen LogP contribution is 2.29. The number of halogens is 3. The number of amides is 1. The summed E-state index contributed by atoms with van der Waals surface area (Å²) in [5, 5.41) is 11.2. The molecule has 1 rings (SSSR count). The molecule has 1 atom stereocenters. The number of hydrogen-bond donors (Lipinski definition) is 1. The summed E-state index contributed by atoms with van der Waals surface area (Å²) in [6.45, 7) is 1.78. The molecule has 1 amide bonds. The van der Waals surface area contributed by atoms with Crippen molar-refractivity contribution in [3.63, 3.8) is 0 Å². The van der Waals surface area contributed by atoms with Crippen LogP contribution in [0.25, 0.3) is 0 Å². The van der Waals surface area contributed by atoms with Gasteiger partial charge in [0.1, 0.15) is 0 Å². The van der Waals surface area contributed by atoms with Crippen LogP contribution in [0.15, 0.2) is 36.4 Å². The molecule has 0 aliphatic heterocycles. The summed E-state index contributed by atoms with van der Waals surface area (Å²) in [6.07, 6.45) is -0.526. The Morgan fingerprint density at radius 1 is 1.30 bits per heavy atom. The second kappa shape index (κ2) is 8.13. The van der Waals surface area contributed by atoms with E-state index in [4.69, 9.17) is 5.26 Å². The fourth-order valence-electron chi connectivity index (χ4n) is 1.77. The first-order valence-corrected chi connectivity index (χ1v) is 6.81. The summed E-state index contributed by atoms with van der Waals surface area (Å²) in [5.41, 5.74) is -0.765. The van der Waals surface area contributed by atoms with Crippen LogP contribution in [0.5, 0.6) is 0 Å². The Kier molecular flexibility index (Phi) is 6.51. The largest absolute Gasteiger partial charge is 0.416 e. The zero-order valence-electron chi connectivity index (χ0n) is 12.4. The van der Waals surface area contributed by atoms with Crippen molar-refractivity contribution >= 4 is 17.4 Å². The third kappa shape index (κ3) is 5.58. The molecule has 0 fully saturated rings. The number of carbonyl (C=O) groups excluding carboxylic acids is 2. The van der Waals surface area contributed by atoms with E-state index >= 15 is 0 Å². The second-order valence-electron chi connectivity index (χ2n) is 4.70. The number of Topliss-reactive ketones (excluding diaryl/α,β-unsaturated/α-hetero) is 1. The first-order chi connectivity index (χ1) is 10.8. The molecule has 122 valence electrons. The number of rotatable bonds is 6. The van der Waals surface area contributed by atoms with E-state index in [1.165, 1.54) is 0 Å². The van der Waals surface area contributed by atoms with E-state index in [0.29, 0.717) is 6.42 Å². The number of nitrogens with one attached hydrogen (secondary N) is 1. The fraction of sp³-hybridized carbons (Fsp3) is 0.312. The number of benzene rings is 1. The van der Waals surface area contributed by atoms with Crippen molar-refractivity contribution in [3.8, 4) is 6.07 Å². The van der Waals surface area contributed by atoms with Crippen LogP contribution >= 0.6 is 0 Å². The SMILES string of the molecule is CC=CCCC(=O)C(C#N)C(=O)Nc1ccc(C(F)(F)F)cc1. The molecule has 23 heavy (non-hydrogen) atoms. The van der Waals surface area contributed by atoms with E-state index in [1.54, 1.807) is 25.1 Å². The van der Waals surface area contributed by atoms with Crippen LogP contribution in [-0.4, -0.2) is 11.7 Å². The zero-order valence-corrected chi connectivity index (χ0v) is 12.4. The number of nitrogens with zero attached hydrogens (tertiary/aromatic N) is 1. The lowest BCUT2D eigenvalue weighted by Gasteiger charge is -2.11. The van der Waals surface area contributed by atoms with Crippen LogP contribution in [0, 0.1) is 17.2 Å². The molecular weight excluding hydrogens is 309 g/mol. The van der Waals surface area contributed by atoms with Gasteiger partial charge in [0.05, 0.1) is 11.6 Å². The minimum Gasteiger partial charge on any atom is -0.325 e. The molecule has 7 heteroatoms. The molecule has 1 aromatic rings. The molecule has 1 unspecified atom stereocenters. The van der Waals surface area contributed by atoms with Crippen LogP contribution in [0.2, 0.25) is 0 Å². The number of ketones is 1. The number of hydrogen-bond acceptors (Lipinski definition) is 3. The monoisotopic (exact) mass is 324 g/mol. The van der Waals surface area contributed by atoms with Gasteiger partial charge in [-0.25, -0.2) is 0 Å². The molecule has 0 aliphatic rings. The highest BCUT2D eigenvalue weighted by atomic mass is 19.4. The van der Waals surface area contributed by atoms with Crippen LogP contribution in [0.1, 0.15) is 25.3 Å². The lowest BCUT2D eigenvalue weighted by Crippen LogP contribution is -2.28. The Hall–Kier alpha value is -2.62. The summed E-state index contributed by atoms with van der Waals surface area (Å²) in [5.74, 6) is -2.87. The van der Waals surface area contributed by atoms with Crippen molar-refractivity contribution in [2.45, 2.75) is 25.9 Å². The Morgan fingerprint density at radius 3 is 2.39 bits per heavy atom. The van der Waals surface area contributed by atoms with Gasteiger partial charge in [0.15, 0.2) is 11.7 Å². The summed E-state index contributed by atoms with van der Waals surface area (Å²) < 4.78 is 37.3. The minimum atomic E-state index is -4.47. The van der Waals surface area contributed by atoms with Gasteiger partial charge in [0.2, 0.25) is 5.91 Å². The van der Waals surface area contributed by atoms with Gasteiger partial charge < -0.3 is 5.32 Å². The highest BCUT2D eigenvalue weighted by Gasteiger charge is 2.30. The topological polar surface area (TPSA) is 70.0 Å². The van der Waals surface area contributed by atoms with Crippen molar-refractivity contribution in [2.75, 3.05) is 5.32 Å². The maximum absolute atomic E-state index is 12.4. The summed E-state index contributed by atoms with van der Waals surface area (Å²) in [4.78, 5) is 23.7. The quantitative estimate of drug-likeness (QED) is 0.640. The van der Waals surface area contributed by atoms with Gasteiger partial charge in [0.25, 0.3) is 0 Å². The first kappa shape index (κ1) is 18.4. The summed E-state index contributed by atoms with van der Waals surface area (Å²) in [6, 6.07) is 5.38. The average molecular weight is 324 g/mol. The van der Waals surface area contributed by atoms with E-state index in [9.17, 15) is 22.8 Å². The maximum Gasteiger partial charge on any atom is 0.416 e. The number of nitriles is 1. The molecule has 0 saturated carbocycles.